The van der Waals surface area contributed by atoms with Crippen LogP contribution in [0, 0.1) is 18.8 Å². The molecule has 1 saturated carbocycles. The topological polar surface area (TPSA) is 82.2 Å². The summed E-state index contributed by atoms with van der Waals surface area (Å²) in [4.78, 5) is 26.2. The molecule has 1 fully saturated rings. The van der Waals surface area contributed by atoms with Crippen LogP contribution in [0.2, 0.25) is 0 Å². The quantitative estimate of drug-likeness (QED) is 0.753. The first kappa shape index (κ1) is 13.8. The van der Waals surface area contributed by atoms with Crippen LogP contribution in [0.4, 0.5) is 0 Å². The van der Waals surface area contributed by atoms with Crippen molar-refractivity contribution in [2.24, 2.45) is 11.8 Å². The molecular formula is C14H20N2O3. The maximum atomic E-state index is 11.9. The van der Waals surface area contributed by atoms with Crippen LogP contribution in [0.25, 0.3) is 0 Å². The summed E-state index contributed by atoms with van der Waals surface area (Å²) in [5.74, 6) is 0.250. The molecule has 1 aromatic heterocycles. The molecule has 0 bridgehead atoms. The fourth-order valence-electron chi connectivity index (χ4n) is 2.69. The Morgan fingerprint density at radius 3 is 2.84 bits per heavy atom. The minimum atomic E-state index is -0.359. The maximum Gasteiger partial charge on any atom is 0.260 e. The number of aromatic nitrogens is 1. The van der Waals surface area contributed by atoms with Crippen LogP contribution in [-0.2, 0) is 0 Å². The second-order valence-corrected chi connectivity index (χ2v) is 5.23. The molecule has 0 aliphatic heterocycles. The van der Waals surface area contributed by atoms with Crippen molar-refractivity contribution in [3.05, 3.63) is 33.7 Å². The first-order valence-corrected chi connectivity index (χ1v) is 6.71. The van der Waals surface area contributed by atoms with Crippen LogP contribution >= 0.6 is 0 Å². The largest absolute Gasteiger partial charge is 0.396 e. The molecule has 0 radical (unpaired) electrons. The number of aliphatic hydroxyl groups is 1. The number of rotatable bonds is 4. The monoisotopic (exact) mass is 264 g/mol. The van der Waals surface area contributed by atoms with Crippen LogP contribution < -0.4 is 10.9 Å². The number of aryl methyl sites for hydroxylation is 1. The number of carbonyl (C=O) groups is 1. The number of aliphatic hydroxyl groups excluding tert-OH is 1. The number of hydrogen-bond acceptors (Lipinski definition) is 3. The summed E-state index contributed by atoms with van der Waals surface area (Å²) in [6.45, 7) is 2.47. The average Bonchev–Trinajstić information content (AvgIpc) is 2.83. The lowest BCUT2D eigenvalue weighted by molar-refractivity contribution is 0.0936. The smallest absolute Gasteiger partial charge is 0.260 e. The Kier molecular flexibility index (Phi) is 4.37. The first-order valence-electron chi connectivity index (χ1n) is 6.71. The molecule has 0 aromatic carbocycles. The molecule has 1 amide bonds. The van der Waals surface area contributed by atoms with Crippen molar-refractivity contribution in [1.29, 1.82) is 0 Å². The Morgan fingerprint density at radius 1 is 1.42 bits per heavy atom. The second-order valence-electron chi connectivity index (χ2n) is 5.23. The molecule has 1 aliphatic rings. The Labute approximate surface area is 112 Å². The third-order valence-corrected chi connectivity index (χ3v) is 3.88. The van der Waals surface area contributed by atoms with Crippen molar-refractivity contribution >= 4 is 5.91 Å². The Hall–Kier alpha value is -1.62. The van der Waals surface area contributed by atoms with Crippen LogP contribution in [0.5, 0.6) is 0 Å². The van der Waals surface area contributed by atoms with Gasteiger partial charge in [-0.15, -0.1) is 0 Å². The average molecular weight is 264 g/mol. The van der Waals surface area contributed by atoms with Gasteiger partial charge in [-0.2, -0.15) is 0 Å². The lowest BCUT2D eigenvalue weighted by Crippen LogP contribution is -2.34. The predicted molar refractivity (Wildman–Crippen MR) is 72.0 cm³/mol. The lowest BCUT2D eigenvalue weighted by atomic mass is 9.97. The van der Waals surface area contributed by atoms with Gasteiger partial charge in [-0.1, -0.05) is 6.42 Å². The van der Waals surface area contributed by atoms with E-state index in [1.165, 1.54) is 0 Å². The van der Waals surface area contributed by atoms with E-state index >= 15 is 0 Å². The van der Waals surface area contributed by atoms with Gasteiger partial charge in [0.05, 0.1) is 0 Å². The summed E-state index contributed by atoms with van der Waals surface area (Å²) < 4.78 is 0. The summed E-state index contributed by atoms with van der Waals surface area (Å²) in [6.07, 6.45) is 3.13. The normalized spacial score (nSPS) is 22.4. The third-order valence-electron chi connectivity index (χ3n) is 3.88. The number of nitrogens with one attached hydrogen (secondary N) is 2. The van der Waals surface area contributed by atoms with E-state index < -0.39 is 0 Å². The summed E-state index contributed by atoms with van der Waals surface area (Å²) in [6, 6.07) is 3.25. The molecule has 2 atom stereocenters. The SMILES string of the molecule is Cc1ccc(C(=O)NCC2CCCC2CO)c(=O)[nH]1. The van der Waals surface area contributed by atoms with Gasteiger partial charge in [-0.05, 0) is 43.7 Å². The number of pyridine rings is 1. The van der Waals surface area contributed by atoms with E-state index in [4.69, 9.17) is 0 Å². The molecule has 2 rings (SSSR count). The Bertz CT molecular complexity index is 510. The first-order chi connectivity index (χ1) is 9.11. The van der Waals surface area contributed by atoms with Gasteiger partial charge < -0.3 is 15.4 Å². The van der Waals surface area contributed by atoms with Gasteiger partial charge in [0.15, 0.2) is 0 Å². The van der Waals surface area contributed by atoms with Crippen LogP contribution in [0.3, 0.4) is 0 Å². The number of H-pyrrole nitrogens is 1. The van der Waals surface area contributed by atoms with E-state index in [9.17, 15) is 14.7 Å². The zero-order chi connectivity index (χ0) is 13.8. The van der Waals surface area contributed by atoms with Crippen molar-refractivity contribution in [3.63, 3.8) is 0 Å². The van der Waals surface area contributed by atoms with Gasteiger partial charge in [-0.3, -0.25) is 9.59 Å². The van der Waals surface area contributed by atoms with Crippen LogP contribution in [0.1, 0.15) is 35.3 Å². The van der Waals surface area contributed by atoms with Gasteiger partial charge in [0.25, 0.3) is 11.5 Å². The fraction of sp³-hybridized carbons (Fsp3) is 0.571. The van der Waals surface area contributed by atoms with E-state index in [0.717, 1.165) is 25.0 Å². The van der Waals surface area contributed by atoms with Gasteiger partial charge in [0, 0.05) is 18.8 Å². The van der Waals surface area contributed by atoms with E-state index in [1.54, 1.807) is 19.1 Å². The molecule has 19 heavy (non-hydrogen) atoms. The van der Waals surface area contributed by atoms with Gasteiger partial charge >= 0.3 is 0 Å². The molecule has 104 valence electrons. The number of carbonyl (C=O) groups excluding carboxylic acids is 1. The van der Waals surface area contributed by atoms with E-state index in [0.29, 0.717) is 12.5 Å². The highest BCUT2D eigenvalue weighted by atomic mass is 16.3. The minimum Gasteiger partial charge on any atom is -0.396 e. The molecule has 2 unspecified atom stereocenters. The molecule has 3 N–H and O–H groups in total. The van der Waals surface area contributed by atoms with Crippen LogP contribution in [0.15, 0.2) is 16.9 Å². The van der Waals surface area contributed by atoms with Gasteiger partial charge in [0.2, 0.25) is 0 Å². The summed E-state index contributed by atoms with van der Waals surface area (Å²) in [7, 11) is 0. The summed E-state index contributed by atoms with van der Waals surface area (Å²) in [5, 5.41) is 12.0. The van der Waals surface area contributed by atoms with E-state index in [1.807, 2.05) is 0 Å². The summed E-state index contributed by atoms with van der Waals surface area (Å²) >= 11 is 0. The number of hydrogen-bond donors (Lipinski definition) is 3. The molecule has 5 nitrogen and oxygen atoms in total. The zero-order valence-electron chi connectivity index (χ0n) is 11.1. The highest BCUT2D eigenvalue weighted by Crippen LogP contribution is 2.30. The standard InChI is InChI=1S/C14H20N2O3/c1-9-5-6-12(14(19)16-9)13(18)15-7-10-3-2-4-11(10)8-17/h5-6,10-11,17H,2-4,7-8H2,1H3,(H,15,18)(H,16,19). The third kappa shape index (κ3) is 3.23. The number of aromatic amines is 1. The molecule has 5 heteroatoms. The molecule has 0 spiro atoms. The molecule has 0 saturated heterocycles. The Balaban J connectivity index is 1.96. The van der Waals surface area contributed by atoms with Gasteiger partial charge in [0.1, 0.15) is 5.56 Å². The van der Waals surface area contributed by atoms with Crippen molar-refractivity contribution in [2.45, 2.75) is 26.2 Å². The molecule has 1 heterocycles. The predicted octanol–water partition coefficient (Wildman–Crippen LogP) is 0.822. The molecule has 1 aromatic rings. The zero-order valence-corrected chi connectivity index (χ0v) is 11.1. The van der Waals surface area contributed by atoms with Crippen LogP contribution in [-0.4, -0.2) is 29.1 Å². The maximum absolute atomic E-state index is 11.9. The van der Waals surface area contributed by atoms with Crippen molar-refractivity contribution in [2.75, 3.05) is 13.2 Å². The minimum absolute atomic E-state index is 0.143. The lowest BCUT2D eigenvalue weighted by Gasteiger charge is -2.17. The molecule has 1 aliphatic carbocycles. The summed E-state index contributed by atoms with van der Waals surface area (Å²) in [5.41, 5.74) is 0.518. The second kappa shape index (κ2) is 6.02. The van der Waals surface area contributed by atoms with Crippen molar-refractivity contribution < 1.29 is 9.90 Å². The number of amides is 1. The highest BCUT2D eigenvalue weighted by Gasteiger charge is 2.27. The molecular weight excluding hydrogens is 244 g/mol. The van der Waals surface area contributed by atoms with E-state index in [2.05, 4.69) is 10.3 Å². The Morgan fingerprint density at radius 2 is 2.16 bits per heavy atom. The highest BCUT2D eigenvalue weighted by molar-refractivity contribution is 5.93. The van der Waals surface area contributed by atoms with E-state index in [-0.39, 0.29) is 29.6 Å². The van der Waals surface area contributed by atoms with Gasteiger partial charge in [-0.25, -0.2) is 0 Å². The fourth-order valence-corrected chi connectivity index (χ4v) is 2.69. The van der Waals surface area contributed by atoms with Crippen molar-refractivity contribution in [3.8, 4) is 0 Å². The van der Waals surface area contributed by atoms with Crippen molar-refractivity contribution in [1.82, 2.24) is 10.3 Å².